The summed E-state index contributed by atoms with van der Waals surface area (Å²) >= 11 is 0. The molecule has 0 N–H and O–H groups in total. The van der Waals surface area contributed by atoms with Gasteiger partial charge in [0.1, 0.15) is 11.3 Å². The normalized spacial score (nSPS) is 11.7. The first-order valence-corrected chi connectivity index (χ1v) is 26.0. The highest BCUT2D eigenvalue weighted by atomic mass is 15.0. The first kappa shape index (κ1) is 43.4. The second-order valence-electron chi connectivity index (χ2n) is 19.7. The van der Waals surface area contributed by atoms with Gasteiger partial charge in [0.2, 0.25) is 0 Å². The predicted molar refractivity (Wildman–Crippen MR) is 317 cm³/mol. The van der Waals surface area contributed by atoms with E-state index in [-0.39, 0.29) is 0 Å². The van der Waals surface area contributed by atoms with E-state index in [1.165, 1.54) is 98.7 Å². The first-order chi connectivity index (χ1) is 37.7. The third-order valence-corrected chi connectivity index (χ3v) is 15.4. The molecule has 15 rings (SSSR count). The number of imidazole rings is 2. The van der Waals surface area contributed by atoms with Gasteiger partial charge in [0.25, 0.3) is 0 Å². The molecule has 11 aromatic carbocycles. The fraction of sp³-hybridized carbons (Fsp3) is 0. The van der Waals surface area contributed by atoms with Crippen molar-refractivity contribution in [3.05, 3.63) is 280 Å². The van der Waals surface area contributed by atoms with Crippen LogP contribution in [0, 0.1) is 0 Å². The van der Waals surface area contributed by atoms with Crippen LogP contribution in [0.25, 0.3) is 144 Å². The Kier molecular flexibility index (Phi) is 10.2. The molecular formula is C72H46N4. The molecule has 0 fully saturated rings. The molecule has 4 heteroatoms. The van der Waals surface area contributed by atoms with Crippen molar-refractivity contribution in [2.24, 2.45) is 0 Å². The highest BCUT2D eigenvalue weighted by Crippen LogP contribution is 2.48. The quantitative estimate of drug-likeness (QED) is 0.142. The van der Waals surface area contributed by atoms with Gasteiger partial charge in [-0.05, 0) is 140 Å². The number of pyridine rings is 2. The van der Waals surface area contributed by atoms with E-state index in [0.29, 0.717) is 0 Å². The molecule has 0 saturated carbocycles. The smallest absolute Gasteiger partial charge is 0.137 e. The molecule has 4 heterocycles. The fourth-order valence-corrected chi connectivity index (χ4v) is 11.9. The number of hydrogen-bond donors (Lipinski definition) is 0. The van der Waals surface area contributed by atoms with E-state index in [0.717, 1.165) is 44.9 Å². The minimum absolute atomic E-state index is 0.902. The summed E-state index contributed by atoms with van der Waals surface area (Å²) in [6.07, 6.45) is 8.52. The molecular weight excluding hydrogens is 921 g/mol. The minimum Gasteiger partial charge on any atom is -0.306 e. The second kappa shape index (κ2) is 17.8. The van der Waals surface area contributed by atoms with E-state index in [1.807, 2.05) is 24.4 Å². The Morgan fingerprint density at radius 1 is 0.224 bits per heavy atom. The maximum absolute atomic E-state index is 5.16. The Labute approximate surface area is 439 Å². The van der Waals surface area contributed by atoms with Gasteiger partial charge in [-0.25, -0.2) is 9.97 Å². The van der Waals surface area contributed by atoms with Crippen molar-refractivity contribution in [1.82, 2.24) is 18.8 Å². The van der Waals surface area contributed by atoms with Gasteiger partial charge in [0, 0.05) is 35.9 Å². The van der Waals surface area contributed by atoms with Crippen LogP contribution >= 0.6 is 0 Å². The minimum atomic E-state index is 0.902. The number of hydrogen-bond acceptors (Lipinski definition) is 2. The summed E-state index contributed by atoms with van der Waals surface area (Å²) in [5.41, 5.74) is 20.3. The molecule has 354 valence electrons. The van der Waals surface area contributed by atoms with E-state index in [4.69, 9.17) is 9.97 Å². The molecule has 0 aliphatic heterocycles. The van der Waals surface area contributed by atoms with Crippen molar-refractivity contribution < 1.29 is 0 Å². The zero-order valence-electron chi connectivity index (χ0n) is 41.3. The molecule has 0 unspecified atom stereocenters. The summed E-state index contributed by atoms with van der Waals surface area (Å²) in [6.45, 7) is 0. The maximum Gasteiger partial charge on any atom is 0.137 e. The van der Waals surface area contributed by atoms with E-state index < -0.39 is 0 Å². The van der Waals surface area contributed by atoms with Crippen molar-refractivity contribution in [2.75, 3.05) is 0 Å². The van der Waals surface area contributed by atoms with Crippen molar-refractivity contribution in [1.29, 1.82) is 0 Å². The molecule has 0 bridgehead atoms. The molecule has 0 amide bonds. The van der Waals surface area contributed by atoms with Gasteiger partial charge in [0.15, 0.2) is 0 Å². The maximum atomic E-state index is 5.16. The van der Waals surface area contributed by atoms with Crippen LogP contribution in [0.1, 0.15) is 0 Å². The summed E-state index contributed by atoms with van der Waals surface area (Å²) in [5.74, 6) is 0. The second-order valence-corrected chi connectivity index (χ2v) is 19.7. The summed E-state index contributed by atoms with van der Waals surface area (Å²) in [5, 5.41) is 9.86. The molecule has 15 aromatic rings. The lowest BCUT2D eigenvalue weighted by Crippen LogP contribution is -1.94. The van der Waals surface area contributed by atoms with Gasteiger partial charge in [-0.15, -0.1) is 0 Å². The highest BCUT2D eigenvalue weighted by Gasteiger charge is 2.21. The van der Waals surface area contributed by atoms with Crippen LogP contribution in [0.4, 0.5) is 0 Å². The average molecular weight is 967 g/mol. The van der Waals surface area contributed by atoms with Crippen LogP contribution < -0.4 is 0 Å². The lowest BCUT2D eigenvalue weighted by Gasteiger charge is -2.20. The number of benzene rings is 11. The van der Waals surface area contributed by atoms with Gasteiger partial charge in [-0.1, -0.05) is 224 Å². The molecule has 0 aliphatic rings. The summed E-state index contributed by atoms with van der Waals surface area (Å²) in [7, 11) is 0. The van der Waals surface area contributed by atoms with Gasteiger partial charge in [0.05, 0.1) is 11.4 Å². The van der Waals surface area contributed by atoms with Gasteiger partial charge >= 0.3 is 0 Å². The number of fused-ring (bicyclic) bond motifs is 6. The Morgan fingerprint density at radius 2 is 0.592 bits per heavy atom. The van der Waals surface area contributed by atoms with Crippen LogP contribution in [-0.4, -0.2) is 18.8 Å². The Balaban J connectivity index is 0.803. The zero-order valence-corrected chi connectivity index (χ0v) is 41.3. The van der Waals surface area contributed by atoms with E-state index in [1.54, 1.807) is 0 Å². The number of rotatable bonds is 8. The summed E-state index contributed by atoms with van der Waals surface area (Å²) < 4.78 is 4.24. The summed E-state index contributed by atoms with van der Waals surface area (Å²) in [6, 6.07) is 92.4. The molecule has 0 atom stereocenters. The highest BCUT2D eigenvalue weighted by molar-refractivity contribution is 6.23. The van der Waals surface area contributed by atoms with Crippen LogP contribution in [0.2, 0.25) is 0 Å². The van der Waals surface area contributed by atoms with Crippen LogP contribution in [0.15, 0.2) is 280 Å². The molecule has 76 heavy (non-hydrogen) atoms. The molecule has 0 aliphatic carbocycles. The molecule has 0 saturated heterocycles. The largest absolute Gasteiger partial charge is 0.306 e. The first-order valence-electron chi connectivity index (χ1n) is 26.0. The van der Waals surface area contributed by atoms with E-state index in [9.17, 15) is 0 Å². The van der Waals surface area contributed by atoms with Crippen LogP contribution in [-0.2, 0) is 0 Å². The predicted octanol–water partition coefficient (Wildman–Crippen LogP) is 18.9. The zero-order chi connectivity index (χ0) is 50.1. The number of nitrogens with zero attached hydrogens (tertiary/aromatic N) is 4. The standard InChI is InChI=1S/C72H46N4/c1-3-17-47(18-4-1)64-43-53(38-40-63(64)72-61-27-13-11-25-59(61)71(60-26-12-14-28-62(60)72)52-34-30-48(31-35-52)65-45-75-42-16-15-29-67(75)73-65)54-39-41-68-74-66(46-76(68)44-54)49-32-36-51(37-33-49)70-57-23-9-7-21-55(57)69(50-19-5-2-6-20-50)56-22-8-10-24-58(56)70/h1-46H. The van der Waals surface area contributed by atoms with Gasteiger partial charge in [-0.3, -0.25) is 0 Å². The molecule has 0 spiro atoms. The van der Waals surface area contributed by atoms with Crippen molar-refractivity contribution >= 4 is 54.4 Å². The SMILES string of the molecule is c1ccc(-c2cc(-c3ccc4nc(-c5ccc(-c6c7ccccc7c(-c7ccccc7)c7ccccc67)cc5)cn4c3)ccc2-c2c3ccccc3c(-c3ccc(-c4cn5ccccc5n4)cc3)c3ccccc23)cc1. The van der Waals surface area contributed by atoms with Crippen molar-refractivity contribution in [2.45, 2.75) is 0 Å². The van der Waals surface area contributed by atoms with Crippen LogP contribution in [0.3, 0.4) is 0 Å². The number of aromatic nitrogens is 4. The van der Waals surface area contributed by atoms with Crippen LogP contribution in [0.5, 0.6) is 0 Å². The topological polar surface area (TPSA) is 34.6 Å². The van der Waals surface area contributed by atoms with Gasteiger partial charge in [-0.2, -0.15) is 0 Å². The van der Waals surface area contributed by atoms with E-state index >= 15 is 0 Å². The third-order valence-electron chi connectivity index (χ3n) is 15.4. The lowest BCUT2D eigenvalue weighted by molar-refractivity contribution is 1.19. The van der Waals surface area contributed by atoms with Crippen molar-refractivity contribution in [3.8, 4) is 89.3 Å². The van der Waals surface area contributed by atoms with E-state index in [2.05, 4.69) is 264 Å². The molecule has 0 radical (unpaired) electrons. The lowest BCUT2D eigenvalue weighted by atomic mass is 9.83. The Bertz CT molecular complexity index is 4570. The Hall–Kier alpha value is -10.2. The Morgan fingerprint density at radius 3 is 1.08 bits per heavy atom. The van der Waals surface area contributed by atoms with Gasteiger partial charge < -0.3 is 8.80 Å². The monoisotopic (exact) mass is 966 g/mol. The average Bonchev–Trinajstić information content (AvgIpc) is 4.15. The molecule has 4 nitrogen and oxygen atoms in total. The molecule has 4 aromatic heterocycles. The summed E-state index contributed by atoms with van der Waals surface area (Å²) in [4.78, 5) is 10.1. The fourth-order valence-electron chi connectivity index (χ4n) is 11.9. The van der Waals surface area contributed by atoms with Crippen molar-refractivity contribution in [3.63, 3.8) is 0 Å². The third kappa shape index (κ3) is 7.22.